The molecule has 1 heterocycles. The highest BCUT2D eigenvalue weighted by Gasteiger charge is 2.12. The largest absolute Gasteiger partial charge is 0.368 e. The summed E-state index contributed by atoms with van der Waals surface area (Å²) >= 11 is 0. The van der Waals surface area contributed by atoms with Gasteiger partial charge in [0.1, 0.15) is 11.6 Å². The summed E-state index contributed by atoms with van der Waals surface area (Å²) < 4.78 is 0. The Balaban J connectivity index is 3.06. The van der Waals surface area contributed by atoms with E-state index in [1.807, 2.05) is 6.07 Å². The maximum absolute atomic E-state index is 6.00. The Morgan fingerprint density at radius 1 is 1.10 bits per heavy atom. The molecule has 0 aromatic carbocycles. The van der Waals surface area contributed by atoms with Crippen molar-refractivity contribution in [1.82, 2.24) is 9.97 Å². The second-order valence-electron chi connectivity index (χ2n) is 5.10. The molecule has 114 valence electrons. The van der Waals surface area contributed by atoms with Gasteiger partial charge < -0.3 is 5.32 Å². The number of nitrogens with two attached hydrogens (primary N) is 2. The molecule has 0 bridgehead atoms. The van der Waals surface area contributed by atoms with Crippen molar-refractivity contribution >= 4 is 17.6 Å². The Labute approximate surface area is 121 Å². The van der Waals surface area contributed by atoms with Gasteiger partial charge in [-0.15, -0.1) is 0 Å². The number of anilines is 3. The molecule has 1 aromatic rings. The Morgan fingerprint density at radius 3 is 2.25 bits per heavy atom. The maximum atomic E-state index is 6.00. The number of aromatic nitrogens is 2. The average Bonchev–Trinajstić information content (AvgIpc) is 2.38. The number of hydrogen-bond donors (Lipinski definition) is 3. The third-order valence-corrected chi connectivity index (χ3v) is 2.62. The second-order valence-corrected chi connectivity index (χ2v) is 5.10. The molecule has 1 aromatic heterocycles. The zero-order valence-electron chi connectivity index (χ0n) is 12.9. The van der Waals surface area contributed by atoms with Crippen LogP contribution in [0.5, 0.6) is 0 Å². The van der Waals surface area contributed by atoms with Crippen LogP contribution in [-0.4, -0.2) is 29.1 Å². The monoisotopic (exact) mass is 281 g/mol. The standard InChI is InChI=1S/C13H27N7/c1-5-7-19(14)12-9-11(16-10(3)4)17-13(18-12)20(15)8-6-2/h9-10H,5-8,14-15H2,1-4H3,(H,16,17,18). The Bertz CT molecular complexity index is 377. The van der Waals surface area contributed by atoms with Crippen molar-refractivity contribution in [2.75, 3.05) is 28.4 Å². The van der Waals surface area contributed by atoms with Gasteiger partial charge in [-0.25, -0.2) is 11.7 Å². The molecular formula is C13H27N7. The minimum absolute atomic E-state index is 0.278. The Kier molecular flexibility index (Phi) is 6.47. The maximum Gasteiger partial charge on any atom is 0.243 e. The van der Waals surface area contributed by atoms with E-state index in [4.69, 9.17) is 11.7 Å². The first-order valence-corrected chi connectivity index (χ1v) is 7.18. The van der Waals surface area contributed by atoms with Crippen molar-refractivity contribution in [3.05, 3.63) is 6.07 Å². The van der Waals surface area contributed by atoms with Crippen LogP contribution in [0.3, 0.4) is 0 Å². The smallest absolute Gasteiger partial charge is 0.243 e. The molecule has 0 unspecified atom stereocenters. The first-order valence-electron chi connectivity index (χ1n) is 7.18. The lowest BCUT2D eigenvalue weighted by Crippen LogP contribution is -2.36. The summed E-state index contributed by atoms with van der Waals surface area (Å²) in [6, 6.07) is 2.12. The van der Waals surface area contributed by atoms with Gasteiger partial charge in [0.15, 0.2) is 0 Å². The molecule has 0 saturated carbocycles. The zero-order chi connectivity index (χ0) is 15.1. The van der Waals surface area contributed by atoms with Gasteiger partial charge in [0, 0.05) is 25.2 Å². The average molecular weight is 281 g/mol. The first kappa shape index (κ1) is 16.5. The van der Waals surface area contributed by atoms with Crippen LogP contribution in [0.4, 0.5) is 17.6 Å². The number of nitrogens with zero attached hydrogens (tertiary/aromatic N) is 4. The van der Waals surface area contributed by atoms with E-state index in [1.54, 1.807) is 10.0 Å². The molecule has 5 N–H and O–H groups in total. The highest BCUT2D eigenvalue weighted by molar-refractivity contribution is 5.53. The summed E-state index contributed by atoms with van der Waals surface area (Å²) in [5.74, 6) is 13.9. The van der Waals surface area contributed by atoms with Crippen LogP contribution in [-0.2, 0) is 0 Å². The van der Waals surface area contributed by atoms with Gasteiger partial charge in [-0.1, -0.05) is 13.8 Å². The van der Waals surface area contributed by atoms with Gasteiger partial charge >= 0.3 is 0 Å². The van der Waals surface area contributed by atoms with Crippen LogP contribution in [0.25, 0.3) is 0 Å². The number of rotatable bonds is 8. The van der Waals surface area contributed by atoms with Crippen molar-refractivity contribution in [2.45, 2.75) is 46.6 Å². The molecule has 7 nitrogen and oxygen atoms in total. The number of nitrogens with one attached hydrogen (secondary N) is 1. The fourth-order valence-corrected chi connectivity index (χ4v) is 1.76. The number of hydrazine groups is 2. The lowest BCUT2D eigenvalue weighted by molar-refractivity contribution is 0.753. The zero-order valence-corrected chi connectivity index (χ0v) is 12.9. The van der Waals surface area contributed by atoms with Gasteiger partial charge in [0.2, 0.25) is 5.95 Å². The molecule has 0 aliphatic carbocycles. The summed E-state index contributed by atoms with van der Waals surface area (Å²) in [6.45, 7) is 9.67. The molecule has 0 spiro atoms. The van der Waals surface area contributed by atoms with Crippen LogP contribution in [0.2, 0.25) is 0 Å². The van der Waals surface area contributed by atoms with Crippen LogP contribution >= 0.6 is 0 Å². The molecule has 1 rings (SSSR count). The van der Waals surface area contributed by atoms with E-state index < -0.39 is 0 Å². The Hall–Kier alpha value is -1.60. The molecule has 20 heavy (non-hydrogen) atoms. The third kappa shape index (κ3) is 4.82. The normalized spacial score (nSPS) is 10.8. The van der Waals surface area contributed by atoms with Crippen molar-refractivity contribution in [2.24, 2.45) is 11.7 Å². The van der Waals surface area contributed by atoms with Gasteiger partial charge in [-0.05, 0) is 26.7 Å². The molecule has 0 radical (unpaired) electrons. The summed E-state index contributed by atoms with van der Waals surface area (Å²) in [4.78, 5) is 8.86. The van der Waals surface area contributed by atoms with E-state index in [1.165, 1.54) is 0 Å². The fourth-order valence-electron chi connectivity index (χ4n) is 1.76. The molecule has 0 amide bonds. The number of hydrogen-bond acceptors (Lipinski definition) is 7. The predicted molar refractivity (Wildman–Crippen MR) is 84.4 cm³/mol. The van der Waals surface area contributed by atoms with Gasteiger partial charge in [0.25, 0.3) is 0 Å². The summed E-state index contributed by atoms with van der Waals surface area (Å²) in [5.41, 5.74) is 0. The topological polar surface area (TPSA) is 96.3 Å². The van der Waals surface area contributed by atoms with Gasteiger partial charge in [-0.3, -0.25) is 10.0 Å². The van der Waals surface area contributed by atoms with Crippen LogP contribution < -0.4 is 27.0 Å². The summed E-state index contributed by atoms with van der Waals surface area (Å²) in [5, 5.41) is 6.44. The fraction of sp³-hybridized carbons (Fsp3) is 0.692. The van der Waals surface area contributed by atoms with E-state index >= 15 is 0 Å². The van der Waals surface area contributed by atoms with Crippen LogP contribution in [0, 0.1) is 0 Å². The van der Waals surface area contributed by atoms with Gasteiger partial charge in [0.05, 0.1) is 0 Å². The second kappa shape index (κ2) is 7.86. The molecular weight excluding hydrogens is 254 g/mol. The van der Waals surface area contributed by atoms with E-state index in [0.717, 1.165) is 25.2 Å². The van der Waals surface area contributed by atoms with E-state index in [0.29, 0.717) is 18.3 Å². The van der Waals surface area contributed by atoms with Gasteiger partial charge in [-0.2, -0.15) is 9.97 Å². The first-order chi connectivity index (χ1) is 9.47. The quantitative estimate of drug-likeness (QED) is 0.490. The highest BCUT2D eigenvalue weighted by Crippen LogP contribution is 2.18. The minimum Gasteiger partial charge on any atom is -0.368 e. The minimum atomic E-state index is 0.278. The highest BCUT2D eigenvalue weighted by atomic mass is 15.5. The Morgan fingerprint density at radius 2 is 1.70 bits per heavy atom. The summed E-state index contributed by atoms with van der Waals surface area (Å²) in [6.07, 6.45) is 1.88. The molecule has 0 saturated heterocycles. The lowest BCUT2D eigenvalue weighted by atomic mass is 10.3. The molecule has 0 fully saturated rings. The van der Waals surface area contributed by atoms with Crippen LogP contribution in [0.1, 0.15) is 40.5 Å². The lowest BCUT2D eigenvalue weighted by Gasteiger charge is -2.22. The van der Waals surface area contributed by atoms with E-state index in [9.17, 15) is 0 Å². The summed E-state index contributed by atoms with van der Waals surface area (Å²) in [7, 11) is 0. The molecule has 0 aliphatic rings. The molecule has 7 heteroatoms. The van der Waals surface area contributed by atoms with Crippen molar-refractivity contribution in [3.63, 3.8) is 0 Å². The third-order valence-electron chi connectivity index (χ3n) is 2.62. The molecule has 0 aliphatic heterocycles. The van der Waals surface area contributed by atoms with Crippen molar-refractivity contribution in [1.29, 1.82) is 0 Å². The van der Waals surface area contributed by atoms with Crippen molar-refractivity contribution < 1.29 is 0 Å². The van der Waals surface area contributed by atoms with Crippen molar-refractivity contribution in [3.8, 4) is 0 Å². The van der Waals surface area contributed by atoms with E-state index in [-0.39, 0.29) is 6.04 Å². The SMILES string of the molecule is CCCN(N)c1cc(NC(C)C)nc(N(N)CCC)n1. The predicted octanol–water partition coefficient (Wildman–Crippen LogP) is 1.48. The van der Waals surface area contributed by atoms with E-state index in [2.05, 4.69) is 43.0 Å². The molecule has 0 atom stereocenters. The van der Waals surface area contributed by atoms with Crippen LogP contribution in [0.15, 0.2) is 6.07 Å².